The molecule has 3 amide bonds. The van der Waals surface area contributed by atoms with E-state index in [2.05, 4.69) is 0 Å². The SMILES string of the molecule is O=C(ON1C(=O)c2ccccc2C1=O)C1CC(=O)N(CCc2ccc(F)cc2)C1. The van der Waals surface area contributed by atoms with Gasteiger partial charge in [0.2, 0.25) is 5.91 Å². The number of benzene rings is 2. The highest BCUT2D eigenvalue weighted by Crippen LogP contribution is 2.25. The van der Waals surface area contributed by atoms with E-state index in [0.717, 1.165) is 5.56 Å². The Labute approximate surface area is 165 Å². The monoisotopic (exact) mass is 396 g/mol. The van der Waals surface area contributed by atoms with Gasteiger partial charge in [0.25, 0.3) is 11.8 Å². The molecule has 0 aliphatic carbocycles. The first-order valence-corrected chi connectivity index (χ1v) is 9.16. The second-order valence-electron chi connectivity index (χ2n) is 6.98. The number of carbonyl (C=O) groups is 4. The Morgan fingerprint density at radius 1 is 1.00 bits per heavy atom. The van der Waals surface area contributed by atoms with Gasteiger partial charge in [0, 0.05) is 19.5 Å². The lowest BCUT2D eigenvalue weighted by molar-refractivity contribution is -0.173. The van der Waals surface area contributed by atoms with Gasteiger partial charge in [0.05, 0.1) is 17.0 Å². The minimum absolute atomic E-state index is 0.0502. The summed E-state index contributed by atoms with van der Waals surface area (Å²) in [5.74, 6) is -3.50. The molecule has 1 fully saturated rings. The van der Waals surface area contributed by atoms with Gasteiger partial charge in [-0.3, -0.25) is 14.4 Å². The van der Waals surface area contributed by atoms with E-state index in [1.54, 1.807) is 24.3 Å². The summed E-state index contributed by atoms with van der Waals surface area (Å²) in [5.41, 5.74) is 1.22. The zero-order valence-corrected chi connectivity index (χ0v) is 15.3. The third kappa shape index (κ3) is 3.61. The second kappa shape index (κ2) is 7.46. The van der Waals surface area contributed by atoms with Gasteiger partial charge in [-0.2, -0.15) is 0 Å². The van der Waals surface area contributed by atoms with Crippen LogP contribution in [0.15, 0.2) is 48.5 Å². The molecule has 1 atom stereocenters. The van der Waals surface area contributed by atoms with Gasteiger partial charge in [0.15, 0.2) is 0 Å². The Hall–Kier alpha value is -3.55. The van der Waals surface area contributed by atoms with Crippen LogP contribution in [0.5, 0.6) is 0 Å². The van der Waals surface area contributed by atoms with Crippen LogP contribution >= 0.6 is 0 Å². The van der Waals surface area contributed by atoms with Crippen LogP contribution in [0.3, 0.4) is 0 Å². The molecule has 2 aliphatic heterocycles. The first-order valence-electron chi connectivity index (χ1n) is 9.16. The smallest absolute Gasteiger partial charge is 0.338 e. The normalized spacial score (nSPS) is 18.4. The van der Waals surface area contributed by atoms with Crippen molar-refractivity contribution in [2.45, 2.75) is 12.8 Å². The van der Waals surface area contributed by atoms with E-state index in [1.807, 2.05) is 0 Å². The summed E-state index contributed by atoms with van der Waals surface area (Å²) in [5, 5.41) is 0.457. The molecule has 0 saturated carbocycles. The predicted octanol–water partition coefficient (Wildman–Crippen LogP) is 1.97. The number of rotatable bonds is 5. The van der Waals surface area contributed by atoms with Crippen molar-refractivity contribution in [1.29, 1.82) is 0 Å². The van der Waals surface area contributed by atoms with Gasteiger partial charge in [-0.15, -0.1) is 0 Å². The van der Waals surface area contributed by atoms with Crippen molar-refractivity contribution in [3.8, 4) is 0 Å². The highest BCUT2D eigenvalue weighted by Gasteiger charge is 2.42. The molecule has 0 N–H and O–H groups in total. The summed E-state index contributed by atoms with van der Waals surface area (Å²) in [6.45, 7) is 0.517. The molecule has 0 radical (unpaired) electrons. The molecule has 0 bridgehead atoms. The van der Waals surface area contributed by atoms with E-state index in [4.69, 9.17) is 4.84 Å². The Morgan fingerprint density at radius 3 is 2.24 bits per heavy atom. The van der Waals surface area contributed by atoms with Gasteiger partial charge in [0.1, 0.15) is 5.82 Å². The Bertz CT molecular complexity index is 969. The van der Waals surface area contributed by atoms with Crippen molar-refractivity contribution < 1.29 is 28.4 Å². The number of amides is 3. The lowest BCUT2D eigenvalue weighted by Crippen LogP contribution is -2.36. The minimum atomic E-state index is -0.794. The maximum atomic E-state index is 13.0. The molecule has 1 unspecified atom stereocenters. The summed E-state index contributed by atoms with van der Waals surface area (Å²) < 4.78 is 13.0. The Morgan fingerprint density at radius 2 is 1.62 bits per heavy atom. The van der Waals surface area contributed by atoms with E-state index >= 15 is 0 Å². The van der Waals surface area contributed by atoms with Crippen LogP contribution in [-0.4, -0.2) is 46.7 Å². The standard InChI is InChI=1S/C21H17FN2O5/c22-15-7-5-13(6-8-15)9-10-23-12-14(11-18(23)25)21(28)29-24-19(26)16-3-1-2-4-17(16)20(24)27/h1-8,14H,9-12H2. The number of hydrogen-bond donors (Lipinski definition) is 0. The Kier molecular flexibility index (Phi) is 4.84. The fourth-order valence-corrected chi connectivity index (χ4v) is 3.48. The minimum Gasteiger partial charge on any atom is -0.341 e. The van der Waals surface area contributed by atoms with E-state index in [-0.39, 0.29) is 35.8 Å². The maximum absolute atomic E-state index is 13.0. The highest BCUT2D eigenvalue weighted by molar-refractivity contribution is 6.20. The Balaban J connectivity index is 1.35. The quantitative estimate of drug-likeness (QED) is 0.722. The molecule has 2 heterocycles. The summed E-state index contributed by atoms with van der Waals surface area (Å²) in [7, 11) is 0. The average molecular weight is 396 g/mol. The molecule has 0 spiro atoms. The molecule has 2 aliphatic rings. The third-order valence-electron chi connectivity index (χ3n) is 5.07. The zero-order valence-electron chi connectivity index (χ0n) is 15.3. The first kappa shape index (κ1) is 18.8. The molecule has 148 valence electrons. The third-order valence-corrected chi connectivity index (χ3v) is 5.07. The highest BCUT2D eigenvalue weighted by atomic mass is 19.1. The largest absolute Gasteiger partial charge is 0.341 e. The number of nitrogens with zero attached hydrogens (tertiary/aromatic N) is 2. The van der Waals surface area contributed by atoms with Crippen molar-refractivity contribution in [1.82, 2.24) is 9.96 Å². The summed E-state index contributed by atoms with van der Waals surface area (Å²) in [4.78, 5) is 55.8. The van der Waals surface area contributed by atoms with Gasteiger partial charge in [-0.05, 0) is 36.2 Å². The molecular weight excluding hydrogens is 379 g/mol. The topological polar surface area (TPSA) is 84.0 Å². The summed E-state index contributed by atoms with van der Waals surface area (Å²) >= 11 is 0. The van der Waals surface area contributed by atoms with Gasteiger partial charge in [-0.25, -0.2) is 9.18 Å². The summed E-state index contributed by atoms with van der Waals surface area (Å²) in [6, 6.07) is 12.2. The first-order chi connectivity index (χ1) is 13.9. The average Bonchev–Trinajstić information content (AvgIpc) is 3.21. The maximum Gasteiger partial charge on any atom is 0.338 e. The van der Waals surface area contributed by atoms with E-state index in [9.17, 15) is 23.6 Å². The van der Waals surface area contributed by atoms with Crippen LogP contribution in [-0.2, 0) is 20.8 Å². The lowest BCUT2D eigenvalue weighted by Gasteiger charge is -2.17. The van der Waals surface area contributed by atoms with Crippen LogP contribution in [0, 0.1) is 11.7 Å². The molecule has 29 heavy (non-hydrogen) atoms. The van der Waals surface area contributed by atoms with Gasteiger partial charge in [-0.1, -0.05) is 29.3 Å². The van der Waals surface area contributed by atoms with Gasteiger partial charge < -0.3 is 9.74 Å². The molecule has 2 aromatic carbocycles. The van der Waals surface area contributed by atoms with Crippen LogP contribution in [0.4, 0.5) is 4.39 Å². The number of hydroxylamine groups is 2. The molecule has 0 aromatic heterocycles. The van der Waals surface area contributed by atoms with E-state index in [0.29, 0.717) is 18.0 Å². The van der Waals surface area contributed by atoms with Crippen molar-refractivity contribution in [2.24, 2.45) is 5.92 Å². The molecule has 4 rings (SSSR count). The number of imide groups is 1. The number of halogens is 1. The van der Waals surface area contributed by atoms with E-state index in [1.165, 1.54) is 29.2 Å². The number of hydrogen-bond acceptors (Lipinski definition) is 5. The van der Waals surface area contributed by atoms with Crippen molar-refractivity contribution in [2.75, 3.05) is 13.1 Å². The van der Waals surface area contributed by atoms with Crippen LogP contribution in [0.25, 0.3) is 0 Å². The summed E-state index contributed by atoms with van der Waals surface area (Å²) in [6.07, 6.45) is 0.470. The van der Waals surface area contributed by atoms with Crippen LogP contribution < -0.4 is 0 Å². The van der Waals surface area contributed by atoms with Gasteiger partial charge >= 0.3 is 5.97 Å². The van der Waals surface area contributed by atoms with Crippen molar-refractivity contribution >= 4 is 23.7 Å². The molecular formula is C21H17FN2O5. The van der Waals surface area contributed by atoms with Crippen LogP contribution in [0.2, 0.25) is 0 Å². The van der Waals surface area contributed by atoms with Crippen LogP contribution in [0.1, 0.15) is 32.7 Å². The number of fused-ring (bicyclic) bond motifs is 1. The van der Waals surface area contributed by atoms with E-state index < -0.39 is 23.7 Å². The fourth-order valence-electron chi connectivity index (χ4n) is 3.48. The van der Waals surface area contributed by atoms with Crippen molar-refractivity contribution in [3.05, 3.63) is 71.0 Å². The number of carbonyl (C=O) groups excluding carboxylic acids is 4. The molecule has 2 aromatic rings. The molecule has 8 heteroatoms. The van der Waals surface area contributed by atoms with Crippen molar-refractivity contribution in [3.63, 3.8) is 0 Å². The second-order valence-corrected chi connectivity index (χ2v) is 6.98. The zero-order chi connectivity index (χ0) is 20.5. The lowest BCUT2D eigenvalue weighted by atomic mass is 10.1. The number of likely N-dealkylation sites (tertiary alicyclic amines) is 1. The predicted molar refractivity (Wildman–Crippen MR) is 97.8 cm³/mol. The fraction of sp³-hybridized carbons (Fsp3) is 0.238. The molecule has 7 nitrogen and oxygen atoms in total. The molecule has 1 saturated heterocycles.